The zero-order chi connectivity index (χ0) is 19.4. The average Bonchev–Trinajstić information content (AvgIpc) is 3.13. The van der Waals surface area contributed by atoms with Crippen molar-refractivity contribution in [3.8, 4) is 0 Å². The number of hydrogen-bond acceptors (Lipinski definition) is 5. The highest BCUT2D eigenvalue weighted by Crippen LogP contribution is 2.25. The standard InChI is InChI=1S/C19H31N3O3S2/c1-15-8-9-18(26-15)27(24,25)22-12-10-21(11-13-22)16(2)19(23)20-14-17-6-4-3-5-7-17/h8-9,16-17H,3-7,10-14H2,1-2H3,(H,20,23)/t16-/m1/s1. The molecule has 1 amide bonds. The zero-order valence-corrected chi connectivity index (χ0v) is 17.9. The third-order valence-electron chi connectivity index (χ3n) is 5.80. The number of hydrogen-bond donors (Lipinski definition) is 1. The number of carbonyl (C=O) groups excluding carboxylic acids is 1. The van der Waals surface area contributed by atoms with E-state index in [9.17, 15) is 13.2 Å². The SMILES string of the molecule is Cc1ccc(S(=O)(=O)N2CCN([C@H](C)C(=O)NCC3CCCCC3)CC2)s1. The predicted molar refractivity (Wildman–Crippen MR) is 108 cm³/mol. The summed E-state index contributed by atoms with van der Waals surface area (Å²) < 4.78 is 27.4. The van der Waals surface area contributed by atoms with Gasteiger partial charge in [0.2, 0.25) is 5.91 Å². The molecule has 0 spiro atoms. The molecule has 1 aromatic heterocycles. The van der Waals surface area contributed by atoms with E-state index in [0.29, 0.717) is 36.3 Å². The molecule has 2 heterocycles. The van der Waals surface area contributed by atoms with Gasteiger partial charge in [0.25, 0.3) is 10.0 Å². The highest BCUT2D eigenvalue weighted by atomic mass is 32.2. The van der Waals surface area contributed by atoms with Crippen LogP contribution in [0.3, 0.4) is 0 Å². The van der Waals surface area contributed by atoms with E-state index in [2.05, 4.69) is 10.2 Å². The first kappa shape index (κ1) is 20.8. The largest absolute Gasteiger partial charge is 0.354 e. The summed E-state index contributed by atoms with van der Waals surface area (Å²) in [5, 5.41) is 3.11. The van der Waals surface area contributed by atoms with Crippen LogP contribution in [0, 0.1) is 12.8 Å². The van der Waals surface area contributed by atoms with E-state index >= 15 is 0 Å². The predicted octanol–water partition coefficient (Wildman–Crippen LogP) is 2.45. The maximum atomic E-state index is 12.7. The molecule has 2 fully saturated rings. The van der Waals surface area contributed by atoms with Crippen LogP contribution in [0.15, 0.2) is 16.3 Å². The Kier molecular flexibility index (Phi) is 6.94. The van der Waals surface area contributed by atoms with Crippen molar-refractivity contribution >= 4 is 27.3 Å². The van der Waals surface area contributed by atoms with Gasteiger partial charge in [-0.15, -0.1) is 11.3 Å². The third kappa shape index (κ3) is 5.10. The monoisotopic (exact) mass is 413 g/mol. The lowest BCUT2D eigenvalue weighted by atomic mass is 9.89. The quantitative estimate of drug-likeness (QED) is 0.778. The summed E-state index contributed by atoms with van der Waals surface area (Å²) in [6, 6.07) is 3.30. The van der Waals surface area contributed by atoms with Crippen molar-refractivity contribution in [2.24, 2.45) is 5.92 Å². The van der Waals surface area contributed by atoms with Crippen molar-refractivity contribution in [1.82, 2.24) is 14.5 Å². The lowest BCUT2D eigenvalue weighted by Gasteiger charge is -2.36. The van der Waals surface area contributed by atoms with E-state index in [-0.39, 0.29) is 11.9 Å². The van der Waals surface area contributed by atoms with E-state index < -0.39 is 10.0 Å². The molecule has 27 heavy (non-hydrogen) atoms. The van der Waals surface area contributed by atoms with Gasteiger partial charge in [-0.25, -0.2) is 8.42 Å². The van der Waals surface area contributed by atoms with Crippen LogP contribution < -0.4 is 5.32 Å². The maximum Gasteiger partial charge on any atom is 0.252 e. The fourth-order valence-electron chi connectivity index (χ4n) is 3.96. The molecule has 0 radical (unpaired) electrons. The van der Waals surface area contributed by atoms with Crippen molar-refractivity contribution in [3.63, 3.8) is 0 Å². The Morgan fingerprint density at radius 3 is 2.44 bits per heavy atom. The first-order valence-corrected chi connectivity index (χ1v) is 12.2. The van der Waals surface area contributed by atoms with Crippen LogP contribution in [0.2, 0.25) is 0 Å². The van der Waals surface area contributed by atoms with Crippen LogP contribution in [-0.4, -0.2) is 62.3 Å². The molecule has 0 aromatic carbocycles. The number of nitrogens with one attached hydrogen (secondary N) is 1. The van der Waals surface area contributed by atoms with Gasteiger partial charge in [-0.2, -0.15) is 4.31 Å². The van der Waals surface area contributed by atoms with Crippen LogP contribution in [0.25, 0.3) is 0 Å². The Balaban J connectivity index is 1.48. The summed E-state index contributed by atoms with van der Waals surface area (Å²) in [5.74, 6) is 0.678. The molecular formula is C19H31N3O3S2. The van der Waals surface area contributed by atoms with Gasteiger partial charge in [0.1, 0.15) is 4.21 Å². The van der Waals surface area contributed by atoms with Crippen molar-refractivity contribution in [2.75, 3.05) is 32.7 Å². The van der Waals surface area contributed by atoms with Gasteiger partial charge in [0, 0.05) is 37.6 Å². The summed E-state index contributed by atoms with van der Waals surface area (Å²) in [7, 11) is -3.41. The lowest BCUT2D eigenvalue weighted by molar-refractivity contribution is -0.126. The van der Waals surface area contributed by atoms with Crippen molar-refractivity contribution in [2.45, 2.75) is 56.2 Å². The molecule has 1 saturated carbocycles. The molecule has 1 N–H and O–H groups in total. The van der Waals surface area contributed by atoms with Crippen LogP contribution in [0.1, 0.15) is 43.9 Å². The number of sulfonamides is 1. The minimum Gasteiger partial charge on any atom is -0.354 e. The number of piperazine rings is 1. The van der Waals surface area contributed by atoms with E-state index in [4.69, 9.17) is 0 Å². The molecule has 3 rings (SSSR count). The average molecular weight is 414 g/mol. The molecule has 6 nitrogen and oxygen atoms in total. The normalized spacial score (nSPS) is 21.9. The van der Waals surface area contributed by atoms with E-state index in [0.717, 1.165) is 11.4 Å². The smallest absolute Gasteiger partial charge is 0.252 e. The Hall–Kier alpha value is -0.960. The number of aryl methyl sites for hydroxylation is 1. The second-order valence-electron chi connectivity index (χ2n) is 7.73. The number of thiophene rings is 1. The molecule has 152 valence electrons. The van der Waals surface area contributed by atoms with E-state index in [1.54, 1.807) is 10.4 Å². The van der Waals surface area contributed by atoms with Gasteiger partial charge >= 0.3 is 0 Å². The second kappa shape index (κ2) is 9.03. The summed E-state index contributed by atoms with van der Waals surface area (Å²) in [4.78, 5) is 15.6. The van der Waals surface area contributed by atoms with Crippen LogP contribution in [-0.2, 0) is 14.8 Å². The van der Waals surface area contributed by atoms with Crippen LogP contribution in [0.4, 0.5) is 0 Å². The van der Waals surface area contributed by atoms with Gasteiger partial charge in [-0.3, -0.25) is 9.69 Å². The summed E-state index contributed by atoms with van der Waals surface area (Å²) in [6.45, 7) is 6.63. The number of nitrogens with zero attached hydrogens (tertiary/aromatic N) is 2. The summed E-state index contributed by atoms with van der Waals surface area (Å²) >= 11 is 1.31. The highest BCUT2D eigenvalue weighted by molar-refractivity contribution is 7.91. The lowest BCUT2D eigenvalue weighted by Crippen LogP contribution is -2.55. The Labute approximate surface area is 167 Å². The molecule has 1 aliphatic heterocycles. The topological polar surface area (TPSA) is 69.7 Å². The maximum absolute atomic E-state index is 12.7. The van der Waals surface area contributed by atoms with Gasteiger partial charge in [0.05, 0.1) is 6.04 Å². The van der Waals surface area contributed by atoms with Crippen LogP contribution in [0.5, 0.6) is 0 Å². The first-order valence-electron chi connectivity index (χ1n) is 9.96. The van der Waals surface area contributed by atoms with E-state index in [1.807, 2.05) is 19.9 Å². The van der Waals surface area contributed by atoms with Gasteiger partial charge in [0.15, 0.2) is 0 Å². The molecule has 1 aromatic rings. The number of amides is 1. The molecule has 1 atom stereocenters. The third-order valence-corrected chi connectivity index (χ3v) is 9.17. The fourth-order valence-corrected chi connectivity index (χ4v) is 6.82. The number of rotatable bonds is 6. The fraction of sp³-hybridized carbons (Fsp3) is 0.737. The zero-order valence-electron chi connectivity index (χ0n) is 16.3. The number of carbonyl (C=O) groups is 1. The molecule has 0 bridgehead atoms. The molecular weight excluding hydrogens is 382 g/mol. The van der Waals surface area contributed by atoms with Gasteiger partial charge in [-0.05, 0) is 44.7 Å². The molecule has 2 aliphatic rings. The molecule has 0 unspecified atom stereocenters. The van der Waals surface area contributed by atoms with Crippen molar-refractivity contribution in [1.29, 1.82) is 0 Å². The van der Waals surface area contributed by atoms with Crippen molar-refractivity contribution in [3.05, 3.63) is 17.0 Å². The van der Waals surface area contributed by atoms with Crippen LogP contribution >= 0.6 is 11.3 Å². The molecule has 1 saturated heterocycles. The Bertz CT molecular complexity index is 733. The van der Waals surface area contributed by atoms with Crippen molar-refractivity contribution < 1.29 is 13.2 Å². The second-order valence-corrected chi connectivity index (χ2v) is 11.2. The molecule has 8 heteroatoms. The Morgan fingerprint density at radius 1 is 1.19 bits per heavy atom. The minimum atomic E-state index is -3.41. The van der Waals surface area contributed by atoms with Gasteiger partial charge < -0.3 is 5.32 Å². The van der Waals surface area contributed by atoms with E-state index in [1.165, 1.54) is 43.4 Å². The Morgan fingerprint density at radius 2 is 1.85 bits per heavy atom. The minimum absolute atomic E-state index is 0.0609. The highest BCUT2D eigenvalue weighted by Gasteiger charge is 2.32. The first-order chi connectivity index (χ1) is 12.9. The van der Waals surface area contributed by atoms with Gasteiger partial charge in [-0.1, -0.05) is 19.3 Å². The summed E-state index contributed by atoms with van der Waals surface area (Å²) in [6.07, 6.45) is 6.30. The molecule has 1 aliphatic carbocycles. The summed E-state index contributed by atoms with van der Waals surface area (Å²) in [5.41, 5.74) is 0.